The third kappa shape index (κ3) is 3.00. The minimum absolute atomic E-state index is 0.111. The van der Waals surface area contributed by atoms with E-state index in [-0.39, 0.29) is 12.0 Å². The highest BCUT2D eigenvalue weighted by molar-refractivity contribution is 7.13. The molecule has 0 bridgehead atoms. The molecule has 2 aromatic rings. The van der Waals surface area contributed by atoms with Crippen molar-refractivity contribution in [3.63, 3.8) is 0 Å². The molecular formula is C15H16N2O3S. The summed E-state index contributed by atoms with van der Waals surface area (Å²) in [6, 6.07) is 7.53. The lowest BCUT2D eigenvalue weighted by Crippen LogP contribution is -2.40. The molecule has 1 atom stereocenters. The summed E-state index contributed by atoms with van der Waals surface area (Å²) in [5.74, 6) is 1.35. The summed E-state index contributed by atoms with van der Waals surface area (Å²) in [5.41, 5.74) is 0.765. The summed E-state index contributed by atoms with van der Waals surface area (Å²) >= 11 is 1.40. The van der Waals surface area contributed by atoms with Gasteiger partial charge in [0.1, 0.15) is 17.6 Å². The van der Waals surface area contributed by atoms with Crippen molar-refractivity contribution in [2.45, 2.75) is 20.0 Å². The van der Waals surface area contributed by atoms with Gasteiger partial charge in [0.2, 0.25) is 0 Å². The van der Waals surface area contributed by atoms with Crippen molar-refractivity contribution < 1.29 is 14.3 Å². The van der Waals surface area contributed by atoms with Crippen LogP contribution in [0.4, 0.5) is 0 Å². The van der Waals surface area contributed by atoms with Crippen LogP contribution in [-0.4, -0.2) is 30.1 Å². The summed E-state index contributed by atoms with van der Waals surface area (Å²) in [6.45, 7) is 4.57. The molecule has 0 radical (unpaired) electrons. The molecule has 0 fully saturated rings. The molecule has 5 nitrogen and oxygen atoms in total. The molecule has 6 heteroatoms. The lowest BCUT2D eigenvalue weighted by Gasteiger charge is -2.26. The van der Waals surface area contributed by atoms with Gasteiger partial charge in [0, 0.05) is 0 Å². The van der Waals surface area contributed by atoms with Gasteiger partial charge in [-0.25, -0.2) is 4.98 Å². The third-order valence-corrected chi connectivity index (χ3v) is 4.24. The Morgan fingerprint density at radius 1 is 1.38 bits per heavy atom. The first-order valence-corrected chi connectivity index (χ1v) is 7.56. The number of benzene rings is 1. The molecule has 0 aliphatic carbocycles. The average molecular weight is 304 g/mol. The predicted octanol–water partition coefficient (Wildman–Crippen LogP) is 2.33. The van der Waals surface area contributed by atoms with Gasteiger partial charge in [0.15, 0.2) is 11.5 Å². The van der Waals surface area contributed by atoms with Crippen molar-refractivity contribution in [3.8, 4) is 11.5 Å². The van der Waals surface area contributed by atoms with Crippen LogP contribution in [0.25, 0.3) is 0 Å². The molecular weight excluding hydrogens is 288 g/mol. The highest BCUT2D eigenvalue weighted by atomic mass is 32.1. The maximum atomic E-state index is 12.1. The number of hydrogen-bond donors (Lipinski definition) is 1. The van der Waals surface area contributed by atoms with Gasteiger partial charge in [-0.3, -0.25) is 4.79 Å². The van der Waals surface area contributed by atoms with Gasteiger partial charge < -0.3 is 14.8 Å². The number of hydrogen-bond acceptors (Lipinski definition) is 5. The van der Waals surface area contributed by atoms with E-state index >= 15 is 0 Å². The maximum absolute atomic E-state index is 12.1. The Kier molecular flexibility index (Phi) is 3.79. The molecule has 1 N–H and O–H groups in total. The van der Waals surface area contributed by atoms with Crippen molar-refractivity contribution in [1.29, 1.82) is 0 Å². The molecule has 0 spiro atoms. The van der Waals surface area contributed by atoms with Crippen molar-refractivity contribution in [3.05, 3.63) is 39.8 Å². The zero-order valence-electron chi connectivity index (χ0n) is 11.9. The van der Waals surface area contributed by atoms with Gasteiger partial charge >= 0.3 is 0 Å². The number of thiazole rings is 1. The largest absolute Gasteiger partial charge is 0.486 e. The minimum atomic E-state index is -0.182. The summed E-state index contributed by atoms with van der Waals surface area (Å²) in [7, 11) is 0. The van der Waals surface area contributed by atoms with E-state index in [4.69, 9.17) is 9.47 Å². The molecule has 0 saturated carbocycles. The molecule has 3 rings (SSSR count). The van der Waals surface area contributed by atoms with Gasteiger partial charge in [0.25, 0.3) is 5.91 Å². The van der Waals surface area contributed by atoms with E-state index in [2.05, 4.69) is 10.3 Å². The fourth-order valence-electron chi connectivity index (χ4n) is 2.19. The van der Waals surface area contributed by atoms with Crippen LogP contribution in [0, 0.1) is 13.8 Å². The van der Waals surface area contributed by atoms with Crippen molar-refractivity contribution in [2.24, 2.45) is 0 Å². The molecule has 1 aliphatic rings. The van der Waals surface area contributed by atoms with Crippen LogP contribution in [0.2, 0.25) is 0 Å². The van der Waals surface area contributed by atoms with E-state index < -0.39 is 0 Å². The number of carbonyl (C=O) groups excluding carboxylic acids is 1. The molecule has 1 aromatic carbocycles. The van der Waals surface area contributed by atoms with E-state index in [9.17, 15) is 4.79 Å². The summed E-state index contributed by atoms with van der Waals surface area (Å²) in [5, 5.41) is 3.77. The first-order valence-electron chi connectivity index (χ1n) is 6.74. The number of amides is 1. The van der Waals surface area contributed by atoms with Gasteiger partial charge in [-0.2, -0.15) is 0 Å². The first kappa shape index (κ1) is 13.9. The fraction of sp³-hybridized carbons (Fsp3) is 0.333. The maximum Gasteiger partial charge on any atom is 0.263 e. The van der Waals surface area contributed by atoms with Gasteiger partial charge in [-0.15, -0.1) is 11.3 Å². The number of ether oxygens (including phenoxy) is 2. The van der Waals surface area contributed by atoms with Crippen LogP contribution >= 0.6 is 11.3 Å². The van der Waals surface area contributed by atoms with Gasteiger partial charge in [-0.1, -0.05) is 12.1 Å². The van der Waals surface area contributed by atoms with Crippen molar-refractivity contribution in [1.82, 2.24) is 10.3 Å². The number of nitrogens with one attached hydrogen (secondary N) is 1. The number of nitrogens with zero attached hydrogens (tertiary/aromatic N) is 1. The van der Waals surface area contributed by atoms with Gasteiger partial charge in [0.05, 0.1) is 17.2 Å². The molecule has 110 valence electrons. The van der Waals surface area contributed by atoms with Crippen LogP contribution in [0.5, 0.6) is 11.5 Å². The van der Waals surface area contributed by atoms with Crippen LogP contribution in [-0.2, 0) is 0 Å². The van der Waals surface area contributed by atoms with E-state index in [1.54, 1.807) is 0 Å². The topological polar surface area (TPSA) is 60.5 Å². The Balaban J connectivity index is 1.59. The standard InChI is InChI=1S/C15H16N2O3S/c1-9-14(21-10(2)17-9)15(18)16-7-11-8-19-12-5-3-4-6-13(12)20-11/h3-6,11H,7-8H2,1-2H3,(H,16,18)/t11-/m0/s1. The molecule has 1 amide bonds. The average Bonchev–Trinajstić information content (AvgIpc) is 2.83. The third-order valence-electron chi connectivity index (χ3n) is 3.17. The number of carbonyl (C=O) groups is 1. The van der Waals surface area contributed by atoms with Crippen LogP contribution < -0.4 is 14.8 Å². The van der Waals surface area contributed by atoms with Crippen LogP contribution in [0.15, 0.2) is 24.3 Å². The fourth-order valence-corrected chi connectivity index (χ4v) is 3.03. The lowest BCUT2D eigenvalue weighted by atomic mass is 10.2. The number of para-hydroxylation sites is 2. The smallest absolute Gasteiger partial charge is 0.263 e. The Morgan fingerprint density at radius 3 is 2.86 bits per heavy atom. The highest BCUT2D eigenvalue weighted by Gasteiger charge is 2.22. The van der Waals surface area contributed by atoms with Gasteiger partial charge in [-0.05, 0) is 26.0 Å². The monoisotopic (exact) mass is 304 g/mol. The Bertz CT molecular complexity index is 669. The highest BCUT2D eigenvalue weighted by Crippen LogP contribution is 2.30. The van der Waals surface area contributed by atoms with E-state index in [0.29, 0.717) is 23.8 Å². The van der Waals surface area contributed by atoms with E-state index in [1.165, 1.54) is 11.3 Å². The van der Waals surface area contributed by atoms with Crippen LogP contribution in [0.1, 0.15) is 20.4 Å². The number of fused-ring (bicyclic) bond motifs is 1. The lowest BCUT2D eigenvalue weighted by molar-refractivity contribution is 0.0791. The number of aromatic nitrogens is 1. The minimum Gasteiger partial charge on any atom is -0.486 e. The SMILES string of the molecule is Cc1nc(C)c(C(=O)NC[C@H]2COc3ccccc3O2)s1. The second kappa shape index (κ2) is 5.73. The Morgan fingerprint density at radius 2 is 2.14 bits per heavy atom. The van der Waals surface area contributed by atoms with Crippen molar-refractivity contribution in [2.75, 3.05) is 13.2 Å². The van der Waals surface area contributed by atoms with Crippen molar-refractivity contribution >= 4 is 17.2 Å². The molecule has 2 heterocycles. The molecule has 1 aromatic heterocycles. The zero-order chi connectivity index (χ0) is 14.8. The quantitative estimate of drug-likeness (QED) is 0.945. The van der Waals surface area contributed by atoms with E-state index in [1.807, 2.05) is 38.1 Å². The Labute approximate surface area is 126 Å². The molecule has 0 saturated heterocycles. The van der Waals surface area contributed by atoms with E-state index in [0.717, 1.165) is 16.5 Å². The number of aryl methyl sites for hydroxylation is 2. The van der Waals surface area contributed by atoms with Crippen LogP contribution in [0.3, 0.4) is 0 Å². The number of rotatable bonds is 3. The second-order valence-electron chi connectivity index (χ2n) is 4.86. The zero-order valence-corrected chi connectivity index (χ0v) is 12.7. The molecule has 21 heavy (non-hydrogen) atoms. The summed E-state index contributed by atoms with van der Waals surface area (Å²) in [6.07, 6.45) is -0.182. The summed E-state index contributed by atoms with van der Waals surface area (Å²) < 4.78 is 11.4. The molecule has 1 aliphatic heterocycles. The summed E-state index contributed by atoms with van der Waals surface area (Å²) in [4.78, 5) is 17.0. The second-order valence-corrected chi connectivity index (χ2v) is 6.06. The normalized spacial score (nSPS) is 16.6. The first-order chi connectivity index (χ1) is 10.1. The molecule has 0 unspecified atom stereocenters. The Hall–Kier alpha value is -2.08. The predicted molar refractivity (Wildman–Crippen MR) is 80.3 cm³/mol.